The van der Waals surface area contributed by atoms with Crippen molar-refractivity contribution in [2.24, 2.45) is 0 Å². The summed E-state index contributed by atoms with van der Waals surface area (Å²) in [7, 11) is 2.26. The van der Waals surface area contributed by atoms with Gasteiger partial charge < -0.3 is 9.80 Å². The molecule has 1 aliphatic rings. The fraction of sp³-hybridized carbons (Fsp3) is 0.429. The molecule has 1 fully saturated rings. The summed E-state index contributed by atoms with van der Waals surface area (Å²) < 4.78 is 2.00. The van der Waals surface area contributed by atoms with Crippen LogP contribution >= 0.6 is 11.6 Å². The molecule has 6 heteroatoms. The molecule has 3 aromatic rings. The van der Waals surface area contributed by atoms with Crippen LogP contribution in [0.3, 0.4) is 0 Å². The van der Waals surface area contributed by atoms with Gasteiger partial charge in [-0.05, 0) is 17.7 Å². The van der Waals surface area contributed by atoms with Gasteiger partial charge in [-0.2, -0.15) is 9.61 Å². The number of likely N-dealkylation sites (N-methyl/N-ethyl adjacent to an activating group) is 1. The van der Waals surface area contributed by atoms with E-state index >= 15 is 0 Å². The molecule has 2 aromatic heterocycles. The lowest BCUT2D eigenvalue weighted by Crippen LogP contribution is -3.12. The highest BCUT2D eigenvalue weighted by Crippen LogP contribution is 2.31. The highest BCUT2D eigenvalue weighted by atomic mass is 35.5. The Labute approximate surface area is 165 Å². The molecule has 0 bridgehead atoms. The number of halogens is 1. The number of piperazine rings is 1. The largest absolute Gasteiger partial charge is 0.345 e. The monoisotopic (exact) mass is 384 g/mol. The molecule has 0 unspecified atom stereocenters. The van der Waals surface area contributed by atoms with Crippen molar-refractivity contribution in [3.8, 4) is 11.1 Å². The van der Waals surface area contributed by atoms with Crippen LogP contribution in [0, 0.1) is 0 Å². The number of fused-ring (bicyclic) bond motifs is 1. The standard InChI is InChI=1S/C21H26ClN5/c1-21(2,3)18-13-19(26-11-9-25(4)10-12-26)27-20(24-18)17(14-23-27)15-5-7-16(22)8-6-15/h5-8,13-14H,9-12H2,1-4H3/p+1. The lowest BCUT2D eigenvalue weighted by molar-refractivity contribution is -0.880. The van der Waals surface area contributed by atoms with E-state index in [-0.39, 0.29) is 5.41 Å². The molecule has 0 spiro atoms. The number of rotatable bonds is 2. The lowest BCUT2D eigenvalue weighted by Gasteiger charge is -2.32. The zero-order chi connectivity index (χ0) is 19.2. The minimum absolute atomic E-state index is 0.0319. The van der Waals surface area contributed by atoms with E-state index in [1.807, 2.05) is 35.0 Å². The topological polar surface area (TPSA) is 37.9 Å². The number of anilines is 1. The van der Waals surface area contributed by atoms with E-state index in [2.05, 4.69) is 38.8 Å². The maximum absolute atomic E-state index is 6.07. The van der Waals surface area contributed by atoms with E-state index in [1.165, 1.54) is 0 Å². The minimum atomic E-state index is -0.0319. The van der Waals surface area contributed by atoms with Crippen molar-refractivity contribution in [3.05, 3.63) is 47.2 Å². The van der Waals surface area contributed by atoms with Crippen LogP contribution in [0.1, 0.15) is 26.5 Å². The second-order valence-corrected chi connectivity index (χ2v) is 8.93. The zero-order valence-corrected chi connectivity index (χ0v) is 17.2. The fourth-order valence-electron chi connectivity index (χ4n) is 3.51. The summed E-state index contributed by atoms with van der Waals surface area (Å²) in [5.41, 5.74) is 4.09. The van der Waals surface area contributed by atoms with Crippen LogP contribution in [0.5, 0.6) is 0 Å². The van der Waals surface area contributed by atoms with Gasteiger partial charge >= 0.3 is 0 Å². The molecule has 1 aromatic carbocycles. The van der Waals surface area contributed by atoms with E-state index in [9.17, 15) is 0 Å². The van der Waals surface area contributed by atoms with E-state index in [1.54, 1.807) is 4.90 Å². The van der Waals surface area contributed by atoms with Gasteiger partial charge in [-0.25, -0.2) is 4.98 Å². The summed E-state index contributed by atoms with van der Waals surface area (Å²) in [6.07, 6.45) is 1.92. The smallest absolute Gasteiger partial charge is 0.165 e. The molecule has 0 aliphatic carbocycles. The van der Waals surface area contributed by atoms with Crippen LogP contribution in [0.4, 0.5) is 5.82 Å². The van der Waals surface area contributed by atoms with Gasteiger partial charge in [-0.1, -0.05) is 44.5 Å². The maximum Gasteiger partial charge on any atom is 0.165 e. The Morgan fingerprint density at radius 3 is 2.37 bits per heavy atom. The van der Waals surface area contributed by atoms with Crippen molar-refractivity contribution in [2.75, 3.05) is 38.1 Å². The predicted molar refractivity (Wildman–Crippen MR) is 111 cm³/mol. The van der Waals surface area contributed by atoms with Crippen molar-refractivity contribution in [1.29, 1.82) is 0 Å². The molecule has 0 saturated carbocycles. The Morgan fingerprint density at radius 2 is 1.74 bits per heavy atom. The van der Waals surface area contributed by atoms with E-state index in [0.717, 1.165) is 59.5 Å². The molecule has 0 amide bonds. The van der Waals surface area contributed by atoms with Crippen molar-refractivity contribution in [1.82, 2.24) is 14.6 Å². The average Bonchev–Trinajstić information content (AvgIpc) is 3.06. The Kier molecular flexibility index (Phi) is 4.60. The van der Waals surface area contributed by atoms with Crippen LogP contribution in [0.15, 0.2) is 36.5 Å². The molecule has 4 rings (SSSR count). The van der Waals surface area contributed by atoms with Gasteiger partial charge in [0.25, 0.3) is 0 Å². The number of hydrogen-bond acceptors (Lipinski definition) is 3. The van der Waals surface area contributed by atoms with Crippen LogP contribution in [-0.4, -0.2) is 47.8 Å². The van der Waals surface area contributed by atoms with Crippen LogP contribution < -0.4 is 9.80 Å². The summed E-state index contributed by atoms with van der Waals surface area (Å²) in [6.45, 7) is 11.0. The van der Waals surface area contributed by atoms with Gasteiger partial charge in [0.05, 0.1) is 45.1 Å². The molecule has 1 N–H and O–H groups in total. The minimum Gasteiger partial charge on any atom is -0.345 e. The SMILES string of the molecule is C[NH+]1CCN(c2cc(C(C)(C)C)nc3c(-c4ccc(Cl)cc4)cnn23)CC1. The van der Waals surface area contributed by atoms with E-state index < -0.39 is 0 Å². The summed E-state index contributed by atoms with van der Waals surface area (Å²) in [6, 6.07) is 10.1. The molecule has 0 radical (unpaired) electrons. The first-order valence-corrected chi connectivity index (χ1v) is 9.92. The molecular weight excluding hydrogens is 358 g/mol. The Bertz CT molecular complexity index is 947. The van der Waals surface area contributed by atoms with E-state index in [4.69, 9.17) is 21.7 Å². The van der Waals surface area contributed by atoms with Gasteiger partial charge in [0.2, 0.25) is 0 Å². The fourth-order valence-corrected chi connectivity index (χ4v) is 3.63. The molecule has 5 nitrogen and oxygen atoms in total. The Balaban J connectivity index is 1.88. The quantitative estimate of drug-likeness (QED) is 0.738. The van der Waals surface area contributed by atoms with Gasteiger partial charge in [-0.15, -0.1) is 0 Å². The molecule has 1 saturated heterocycles. The number of quaternary nitrogens is 1. The third-order valence-electron chi connectivity index (χ3n) is 5.32. The summed E-state index contributed by atoms with van der Waals surface area (Å²) in [5, 5.41) is 5.44. The highest BCUT2D eigenvalue weighted by molar-refractivity contribution is 6.30. The molecule has 142 valence electrons. The number of nitrogens with one attached hydrogen (secondary N) is 1. The molecular formula is C21H27ClN5+. The third kappa shape index (κ3) is 3.54. The highest BCUT2D eigenvalue weighted by Gasteiger charge is 2.25. The van der Waals surface area contributed by atoms with Gasteiger partial charge in [-0.3, -0.25) is 0 Å². The number of hydrogen-bond donors (Lipinski definition) is 1. The average molecular weight is 385 g/mol. The molecule has 0 atom stereocenters. The first kappa shape index (κ1) is 18.3. The first-order chi connectivity index (χ1) is 12.8. The van der Waals surface area contributed by atoms with Crippen molar-refractivity contribution < 1.29 is 4.90 Å². The summed E-state index contributed by atoms with van der Waals surface area (Å²) >= 11 is 6.07. The van der Waals surface area contributed by atoms with Crippen molar-refractivity contribution in [2.45, 2.75) is 26.2 Å². The summed E-state index contributed by atoms with van der Waals surface area (Å²) in [5.74, 6) is 1.14. The second kappa shape index (κ2) is 6.80. The Morgan fingerprint density at radius 1 is 1.07 bits per heavy atom. The van der Waals surface area contributed by atoms with Crippen molar-refractivity contribution >= 4 is 23.1 Å². The van der Waals surface area contributed by atoms with Gasteiger partial charge in [0.1, 0.15) is 5.82 Å². The van der Waals surface area contributed by atoms with E-state index in [0.29, 0.717) is 0 Å². The first-order valence-electron chi connectivity index (χ1n) is 9.54. The zero-order valence-electron chi connectivity index (χ0n) is 16.5. The third-order valence-corrected chi connectivity index (χ3v) is 5.57. The molecule has 27 heavy (non-hydrogen) atoms. The second-order valence-electron chi connectivity index (χ2n) is 8.49. The lowest BCUT2D eigenvalue weighted by atomic mass is 9.91. The number of aromatic nitrogens is 3. The number of benzene rings is 1. The Hall–Kier alpha value is -2.11. The molecule has 1 aliphatic heterocycles. The number of nitrogens with zero attached hydrogens (tertiary/aromatic N) is 4. The molecule has 3 heterocycles. The van der Waals surface area contributed by atoms with Crippen LogP contribution in [0.2, 0.25) is 5.02 Å². The predicted octanol–water partition coefficient (Wildman–Crippen LogP) is 2.68. The maximum atomic E-state index is 6.07. The van der Waals surface area contributed by atoms with Gasteiger partial charge in [0, 0.05) is 22.1 Å². The summed E-state index contributed by atoms with van der Waals surface area (Å²) in [4.78, 5) is 9.03. The van der Waals surface area contributed by atoms with Crippen LogP contribution in [-0.2, 0) is 5.41 Å². The normalized spacial score (nSPS) is 16.3. The van der Waals surface area contributed by atoms with Crippen molar-refractivity contribution in [3.63, 3.8) is 0 Å². The van der Waals surface area contributed by atoms with Gasteiger partial charge in [0.15, 0.2) is 5.65 Å². The van der Waals surface area contributed by atoms with Crippen LogP contribution in [0.25, 0.3) is 16.8 Å².